The van der Waals surface area contributed by atoms with Crippen molar-refractivity contribution in [3.8, 4) is 0 Å². The van der Waals surface area contributed by atoms with E-state index in [-0.39, 0.29) is 18.2 Å². The van der Waals surface area contributed by atoms with Gasteiger partial charge in [-0.2, -0.15) is 0 Å². The molecule has 2 aromatic rings. The third-order valence-electron chi connectivity index (χ3n) is 2.92. The molecule has 0 bridgehead atoms. The van der Waals surface area contributed by atoms with E-state index in [0.29, 0.717) is 11.4 Å². The van der Waals surface area contributed by atoms with E-state index in [2.05, 4.69) is 4.98 Å². The number of carbonyl (C=O) groups excluding carboxylic acids is 2. The van der Waals surface area contributed by atoms with E-state index in [4.69, 9.17) is 0 Å². The van der Waals surface area contributed by atoms with E-state index in [1.54, 1.807) is 42.6 Å². The smallest absolute Gasteiger partial charge is 0.266 e. The molecule has 1 aromatic heterocycles. The van der Waals surface area contributed by atoms with Gasteiger partial charge >= 0.3 is 0 Å². The zero-order valence-electron chi connectivity index (χ0n) is 9.54. The second kappa shape index (κ2) is 4.07. The van der Waals surface area contributed by atoms with Gasteiger partial charge in [-0.3, -0.25) is 9.59 Å². The van der Waals surface area contributed by atoms with Crippen LogP contribution in [0.4, 0.5) is 5.82 Å². The first-order chi connectivity index (χ1) is 8.77. The summed E-state index contributed by atoms with van der Waals surface area (Å²) in [5, 5.41) is 0. The van der Waals surface area contributed by atoms with Crippen LogP contribution in [-0.4, -0.2) is 16.8 Å². The molecule has 88 valence electrons. The van der Waals surface area contributed by atoms with Crippen molar-refractivity contribution in [3.63, 3.8) is 0 Å². The normalized spacial score (nSPS) is 14.6. The van der Waals surface area contributed by atoms with Gasteiger partial charge in [-0.05, 0) is 23.8 Å². The molecule has 0 fully saturated rings. The number of imide groups is 1. The molecule has 0 unspecified atom stereocenters. The molecule has 18 heavy (non-hydrogen) atoms. The summed E-state index contributed by atoms with van der Waals surface area (Å²) in [5.41, 5.74) is 1.35. The van der Waals surface area contributed by atoms with Crippen LogP contribution in [0, 0.1) is 0 Å². The number of anilines is 1. The third-order valence-corrected chi connectivity index (χ3v) is 2.92. The molecule has 4 nitrogen and oxygen atoms in total. The summed E-state index contributed by atoms with van der Waals surface area (Å²) in [7, 11) is 0. The summed E-state index contributed by atoms with van der Waals surface area (Å²) in [6, 6.07) is 12.3. The molecule has 0 spiro atoms. The Morgan fingerprint density at radius 1 is 1.00 bits per heavy atom. The fraction of sp³-hybridized carbons (Fsp3) is 0.0714. The Morgan fingerprint density at radius 2 is 1.78 bits per heavy atom. The van der Waals surface area contributed by atoms with Gasteiger partial charge in [0.25, 0.3) is 5.91 Å². The van der Waals surface area contributed by atoms with Crippen LogP contribution >= 0.6 is 0 Å². The van der Waals surface area contributed by atoms with Crippen molar-refractivity contribution in [2.75, 3.05) is 4.90 Å². The average molecular weight is 238 g/mol. The molecule has 2 amide bonds. The lowest BCUT2D eigenvalue weighted by molar-refractivity contribution is -0.117. The first-order valence-electron chi connectivity index (χ1n) is 5.63. The minimum absolute atomic E-state index is 0.235. The first kappa shape index (κ1) is 10.7. The number of carbonyl (C=O) groups is 2. The van der Waals surface area contributed by atoms with Crippen LogP contribution in [0.15, 0.2) is 48.7 Å². The van der Waals surface area contributed by atoms with Gasteiger partial charge in [-0.1, -0.05) is 24.3 Å². The number of fused-ring (bicyclic) bond motifs is 1. The summed E-state index contributed by atoms with van der Waals surface area (Å²) in [5.74, 6) is -0.167. The van der Waals surface area contributed by atoms with Crippen LogP contribution in [0.25, 0.3) is 0 Å². The van der Waals surface area contributed by atoms with Gasteiger partial charge in [0.05, 0.1) is 6.42 Å². The molecule has 0 atom stereocenters. The van der Waals surface area contributed by atoms with Crippen LogP contribution in [0.5, 0.6) is 0 Å². The van der Waals surface area contributed by atoms with Gasteiger partial charge < -0.3 is 0 Å². The summed E-state index contributed by atoms with van der Waals surface area (Å²) < 4.78 is 0. The minimum atomic E-state index is -0.305. The maximum Gasteiger partial charge on any atom is 0.266 e. The van der Waals surface area contributed by atoms with Gasteiger partial charge in [0.1, 0.15) is 5.82 Å². The van der Waals surface area contributed by atoms with Crippen LogP contribution in [0.3, 0.4) is 0 Å². The molecule has 1 aliphatic heterocycles. The predicted molar refractivity (Wildman–Crippen MR) is 66.2 cm³/mol. The Bertz CT molecular complexity index is 623. The molecular formula is C14H10N2O2. The van der Waals surface area contributed by atoms with Crippen molar-refractivity contribution in [2.45, 2.75) is 6.42 Å². The van der Waals surface area contributed by atoms with Crippen molar-refractivity contribution < 1.29 is 9.59 Å². The molecule has 0 radical (unpaired) electrons. The molecule has 2 heterocycles. The van der Waals surface area contributed by atoms with Crippen molar-refractivity contribution in [2.24, 2.45) is 0 Å². The highest BCUT2D eigenvalue weighted by molar-refractivity contribution is 6.24. The number of amides is 2. The van der Waals surface area contributed by atoms with Crippen LogP contribution in [0.2, 0.25) is 0 Å². The van der Waals surface area contributed by atoms with Crippen LogP contribution in [0.1, 0.15) is 15.9 Å². The molecule has 0 saturated carbocycles. The standard InChI is InChI=1S/C14H10N2O2/c17-13-9-10-5-1-2-6-11(10)14(18)16(13)12-7-3-4-8-15-12/h1-8H,9H2. The molecule has 4 heteroatoms. The number of nitrogens with zero attached hydrogens (tertiary/aromatic N) is 2. The maximum atomic E-state index is 12.3. The third kappa shape index (κ3) is 1.59. The van der Waals surface area contributed by atoms with Crippen molar-refractivity contribution in [1.82, 2.24) is 4.98 Å². The molecule has 1 aromatic carbocycles. The van der Waals surface area contributed by atoms with Crippen molar-refractivity contribution in [3.05, 3.63) is 59.8 Å². The topological polar surface area (TPSA) is 50.3 Å². The van der Waals surface area contributed by atoms with E-state index < -0.39 is 0 Å². The van der Waals surface area contributed by atoms with E-state index in [9.17, 15) is 9.59 Å². The van der Waals surface area contributed by atoms with Crippen molar-refractivity contribution >= 4 is 17.6 Å². The van der Waals surface area contributed by atoms with Gasteiger partial charge in [-0.15, -0.1) is 0 Å². The quantitative estimate of drug-likeness (QED) is 0.712. The van der Waals surface area contributed by atoms with Gasteiger partial charge in [0, 0.05) is 11.8 Å². The summed E-state index contributed by atoms with van der Waals surface area (Å²) >= 11 is 0. The lowest BCUT2D eigenvalue weighted by Crippen LogP contribution is -2.42. The van der Waals surface area contributed by atoms with Crippen LogP contribution < -0.4 is 4.90 Å². The Labute approximate surface area is 104 Å². The lowest BCUT2D eigenvalue weighted by Gasteiger charge is -2.25. The fourth-order valence-electron chi connectivity index (χ4n) is 2.08. The molecule has 1 aliphatic rings. The number of aromatic nitrogens is 1. The number of hydrogen-bond acceptors (Lipinski definition) is 3. The van der Waals surface area contributed by atoms with E-state index in [1.165, 1.54) is 0 Å². The van der Waals surface area contributed by atoms with Gasteiger partial charge in [0.15, 0.2) is 0 Å². The zero-order chi connectivity index (χ0) is 12.5. The first-order valence-corrected chi connectivity index (χ1v) is 5.63. The van der Waals surface area contributed by atoms with E-state index in [0.717, 1.165) is 10.5 Å². The summed E-state index contributed by atoms with van der Waals surface area (Å²) in [6.45, 7) is 0. The van der Waals surface area contributed by atoms with E-state index in [1.807, 2.05) is 6.07 Å². The summed E-state index contributed by atoms with van der Waals surface area (Å²) in [4.78, 5) is 29.5. The molecule has 0 aliphatic carbocycles. The monoisotopic (exact) mass is 238 g/mol. The Balaban J connectivity index is 2.09. The highest BCUT2D eigenvalue weighted by atomic mass is 16.2. The zero-order valence-corrected chi connectivity index (χ0v) is 9.54. The Morgan fingerprint density at radius 3 is 2.56 bits per heavy atom. The van der Waals surface area contributed by atoms with E-state index >= 15 is 0 Å². The second-order valence-electron chi connectivity index (χ2n) is 4.06. The highest BCUT2D eigenvalue weighted by Gasteiger charge is 2.32. The molecule has 3 rings (SSSR count). The predicted octanol–water partition coefficient (Wildman–Crippen LogP) is 1.81. The van der Waals surface area contributed by atoms with Gasteiger partial charge in [-0.25, -0.2) is 9.88 Å². The SMILES string of the molecule is O=C1Cc2ccccc2C(=O)N1c1ccccn1. The molecule has 0 saturated heterocycles. The summed E-state index contributed by atoms with van der Waals surface area (Å²) in [6.07, 6.45) is 1.80. The Hall–Kier alpha value is -2.49. The molecule has 0 N–H and O–H groups in total. The lowest BCUT2D eigenvalue weighted by atomic mass is 9.98. The number of pyridine rings is 1. The number of rotatable bonds is 1. The number of benzene rings is 1. The molecular weight excluding hydrogens is 228 g/mol. The van der Waals surface area contributed by atoms with Crippen molar-refractivity contribution in [1.29, 1.82) is 0 Å². The van der Waals surface area contributed by atoms with Gasteiger partial charge in [0.2, 0.25) is 5.91 Å². The Kier molecular flexibility index (Phi) is 2.41. The average Bonchev–Trinajstić information content (AvgIpc) is 2.40. The fourth-order valence-corrected chi connectivity index (χ4v) is 2.08. The second-order valence-corrected chi connectivity index (χ2v) is 4.06. The van der Waals surface area contributed by atoms with Crippen LogP contribution in [-0.2, 0) is 11.2 Å². The minimum Gasteiger partial charge on any atom is -0.274 e. The maximum absolute atomic E-state index is 12.3. The highest BCUT2D eigenvalue weighted by Crippen LogP contribution is 2.23. The number of hydrogen-bond donors (Lipinski definition) is 0. The largest absolute Gasteiger partial charge is 0.274 e.